The van der Waals surface area contributed by atoms with Gasteiger partial charge in [-0.15, -0.1) is 10.2 Å². The second-order valence-corrected chi connectivity index (χ2v) is 7.30. The van der Waals surface area contributed by atoms with E-state index in [0.717, 1.165) is 0 Å². The van der Waals surface area contributed by atoms with Gasteiger partial charge in [0.1, 0.15) is 16.5 Å². The maximum atomic E-state index is 12.9. The molecule has 10 heteroatoms. The van der Waals surface area contributed by atoms with Crippen LogP contribution < -0.4 is 9.46 Å². The molecule has 136 valence electrons. The van der Waals surface area contributed by atoms with E-state index in [1.165, 1.54) is 49.6 Å². The van der Waals surface area contributed by atoms with Crippen LogP contribution in [0.25, 0.3) is 11.5 Å². The number of halogens is 2. The van der Waals surface area contributed by atoms with E-state index in [9.17, 15) is 12.8 Å². The third kappa shape index (κ3) is 4.01. The highest BCUT2D eigenvalue weighted by atomic mass is 35.5. The Morgan fingerprint density at radius 2 is 1.92 bits per heavy atom. The molecule has 0 fully saturated rings. The van der Waals surface area contributed by atoms with Gasteiger partial charge >= 0.3 is 0 Å². The number of hydrogen-bond donors (Lipinski definition) is 1. The predicted molar refractivity (Wildman–Crippen MR) is 91.7 cm³/mol. The number of nitrogens with zero attached hydrogens (tertiary/aromatic N) is 2. The molecule has 0 aliphatic rings. The summed E-state index contributed by atoms with van der Waals surface area (Å²) in [6.45, 7) is -0.230. The number of hydrogen-bond acceptors (Lipinski definition) is 6. The average Bonchev–Trinajstić information content (AvgIpc) is 3.10. The Hall–Kier alpha value is -2.49. The van der Waals surface area contributed by atoms with Crippen molar-refractivity contribution < 1.29 is 22.0 Å². The van der Waals surface area contributed by atoms with Gasteiger partial charge in [-0.05, 0) is 42.5 Å². The van der Waals surface area contributed by atoms with E-state index in [2.05, 4.69) is 14.9 Å². The molecule has 1 aromatic heterocycles. The number of methoxy groups -OCH3 is 1. The van der Waals surface area contributed by atoms with E-state index in [1.54, 1.807) is 0 Å². The monoisotopic (exact) mass is 397 g/mol. The molecule has 3 aromatic rings. The number of benzene rings is 2. The number of sulfonamides is 1. The Kier molecular flexibility index (Phi) is 5.21. The summed E-state index contributed by atoms with van der Waals surface area (Å²) in [6.07, 6.45) is 0. The molecule has 26 heavy (non-hydrogen) atoms. The van der Waals surface area contributed by atoms with E-state index in [4.69, 9.17) is 20.8 Å². The highest BCUT2D eigenvalue weighted by molar-refractivity contribution is 7.89. The minimum Gasteiger partial charge on any atom is -0.495 e. The van der Waals surface area contributed by atoms with E-state index >= 15 is 0 Å². The van der Waals surface area contributed by atoms with Crippen LogP contribution in [0.15, 0.2) is 51.8 Å². The predicted octanol–water partition coefficient (Wildman–Crippen LogP) is 3.02. The van der Waals surface area contributed by atoms with E-state index in [0.29, 0.717) is 5.56 Å². The summed E-state index contributed by atoms with van der Waals surface area (Å²) < 4.78 is 50.7. The van der Waals surface area contributed by atoms with Crippen LogP contribution in [-0.4, -0.2) is 25.7 Å². The molecule has 3 rings (SSSR count). The van der Waals surface area contributed by atoms with Crippen LogP contribution >= 0.6 is 11.6 Å². The number of nitrogens with one attached hydrogen (secondary N) is 1. The largest absolute Gasteiger partial charge is 0.495 e. The lowest BCUT2D eigenvalue weighted by Gasteiger charge is -2.10. The maximum Gasteiger partial charge on any atom is 0.247 e. The molecule has 0 spiro atoms. The first-order valence-corrected chi connectivity index (χ1v) is 9.17. The highest BCUT2D eigenvalue weighted by Crippen LogP contribution is 2.27. The van der Waals surface area contributed by atoms with Gasteiger partial charge < -0.3 is 9.15 Å². The number of aromatic nitrogens is 2. The van der Waals surface area contributed by atoms with Gasteiger partial charge in [0.2, 0.25) is 21.8 Å². The lowest BCUT2D eigenvalue weighted by atomic mass is 10.2. The number of rotatable bonds is 6. The van der Waals surface area contributed by atoms with Crippen LogP contribution in [0, 0.1) is 5.82 Å². The van der Waals surface area contributed by atoms with Crippen molar-refractivity contribution in [2.45, 2.75) is 11.4 Å². The van der Waals surface area contributed by atoms with E-state index in [1.807, 2.05) is 0 Å². The lowest BCUT2D eigenvalue weighted by molar-refractivity contribution is 0.402. The zero-order valence-corrected chi connectivity index (χ0v) is 15.0. The van der Waals surface area contributed by atoms with E-state index in [-0.39, 0.29) is 34.0 Å². The van der Waals surface area contributed by atoms with Crippen molar-refractivity contribution in [3.63, 3.8) is 0 Å². The van der Waals surface area contributed by atoms with Crippen LogP contribution in [-0.2, 0) is 16.6 Å². The third-order valence-electron chi connectivity index (χ3n) is 3.39. The van der Waals surface area contributed by atoms with Crippen LogP contribution in [0.3, 0.4) is 0 Å². The minimum absolute atomic E-state index is 0.0499. The van der Waals surface area contributed by atoms with Crippen molar-refractivity contribution in [3.05, 3.63) is 59.2 Å². The van der Waals surface area contributed by atoms with Crippen LogP contribution in [0.5, 0.6) is 5.75 Å². The topological polar surface area (TPSA) is 94.3 Å². The van der Waals surface area contributed by atoms with Crippen molar-refractivity contribution in [2.75, 3.05) is 7.11 Å². The van der Waals surface area contributed by atoms with Crippen LogP contribution in [0.1, 0.15) is 5.89 Å². The second kappa shape index (κ2) is 7.40. The Balaban J connectivity index is 1.77. The Bertz CT molecular complexity index is 1020. The highest BCUT2D eigenvalue weighted by Gasteiger charge is 2.21. The van der Waals surface area contributed by atoms with Crippen molar-refractivity contribution in [2.24, 2.45) is 0 Å². The molecular weight excluding hydrogens is 385 g/mol. The zero-order chi connectivity index (χ0) is 18.7. The first kappa shape index (κ1) is 18.3. The third-order valence-corrected chi connectivity index (χ3v) is 5.04. The van der Waals surface area contributed by atoms with Crippen molar-refractivity contribution in [1.29, 1.82) is 0 Å². The van der Waals surface area contributed by atoms with Crippen LogP contribution in [0.4, 0.5) is 4.39 Å². The lowest BCUT2D eigenvalue weighted by Crippen LogP contribution is -2.24. The second-order valence-electron chi connectivity index (χ2n) is 5.13. The van der Waals surface area contributed by atoms with E-state index < -0.39 is 15.8 Å². The summed E-state index contributed by atoms with van der Waals surface area (Å²) in [5.41, 5.74) is 0.518. The summed E-state index contributed by atoms with van der Waals surface area (Å²) in [6, 6.07) is 9.73. The van der Waals surface area contributed by atoms with Crippen LogP contribution in [0.2, 0.25) is 5.02 Å². The Labute approximate surface area is 153 Å². The van der Waals surface area contributed by atoms with Gasteiger partial charge in [0.15, 0.2) is 0 Å². The first-order valence-electron chi connectivity index (χ1n) is 7.30. The van der Waals surface area contributed by atoms with Gasteiger partial charge in [0, 0.05) is 10.6 Å². The smallest absolute Gasteiger partial charge is 0.247 e. The summed E-state index contributed by atoms with van der Waals surface area (Å²) in [5.74, 6) is -0.0374. The zero-order valence-electron chi connectivity index (χ0n) is 13.4. The Morgan fingerprint density at radius 1 is 1.19 bits per heavy atom. The average molecular weight is 398 g/mol. The van der Waals surface area contributed by atoms with Crippen molar-refractivity contribution in [3.8, 4) is 17.2 Å². The summed E-state index contributed by atoms with van der Waals surface area (Å²) >= 11 is 5.86. The Morgan fingerprint density at radius 3 is 2.62 bits per heavy atom. The van der Waals surface area contributed by atoms with Gasteiger partial charge in [-0.1, -0.05) is 11.6 Å². The molecule has 0 bridgehead atoms. The first-order chi connectivity index (χ1) is 12.4. The molecule has 0 saturated heterocycles. The molecule has 0 unspecified atom stereocenters. The minimum atomic E-state index is -3.92. The van der Waals surface area contributed by atoms with Gasteiger partial charge in [-0.25, -0.2) is 17.5 Å². The number of ether oxygens (including phenoxy) is 1. The molecular formula is C16H13ClFN3O4S. The van der Waals surface area contributed by atoms with Crippen molar-refractivity contribution >= 4 is 21.6 Å². The fourth-order valence-corrected chi connectivity index (χ4v) is 3.53. The van der Waals surface area contributed by atoms with Gasteiger partial charge in [0.25, 0.3) is 0 Å². The molecule has 7 nitrogen and oxygen atoms in total. The molecule has 1 N–H and O–H groups in total. The standard InChI is InChI=1S/C16H13ClFN3O4S/c1-24-13-7-4-11(17)8-14(13)26(22,23)19-9-15-20-21-16(25-15)10-2-5-12(18)6-3-10/h2-8,19H,9H2,1H3. The summed E-state index contributed by atoms with van der Waals surface area (Å²) in [5, 5.41) is 7.85. The summed E-state index contributed by atoms with van der Waals surface area (Å²) in [7, 11) is -2.57. The normalized spacial score (nSPS) is 11.5. The molecule has 0 saturated carbocycles. The van der Waals surface area contributed by atoms with Crippen molar-refractivity contribution in [1.82, 2.24) is 14.9 Å². The fraction of sp³-hybridized carbons (Fsp3) is 0.125. The fourth-order valence-electron chi connectivity index (χ4n) is 2.13. The molecule has 0 aliphatic heterocycles. The quantitative estimate of drug-likeness (QED) is 0.687. The molecule has 1 heterocycles. The molecule has 0 aliphatic carbocycles. The molecule has 0 atom stereocenters. The van der Waals surface area contributed by atoms with Gasteiger partial charge in [0.05, 0.1) is 13.7 Å². The maximum absolute atomic E-state index is 12.9. The molecule has 2 aromatic carbocycles. The molecule has 0 amide bonds. The summed E-state index contributed by atoms with van der Waals surface area (Å²) in [4.78, 5) is -0.106. The molecule has 0 radical (unpaired) electrons. The SMILES string of the molecule is COc1ccc(Cl)cc1S(=O)(=O)NCc1nnc(-c2ccc(F)cc2)o1. The van der Waals surface area contributed by atoms with Gasteiger partial charge in [-0.3, -0.25) is 0 Å². The van der Waals surface area contributed by atoms with Gasteiger partial charge in [-0.2, -0.15) is 0 Å².